The Morgan fingerprint density at radius 2 is 1.88 bits per heavy atom. The lowest BCUT2D eigenvalue weighted by Crippen LogP contribution is -2.22. The summed E-state index contributed by atoms with van der Waals surface area (Å²) in [5, 5.41) is 12.0. The molecule has 40 heavy (non-hydrogen) atoms. The van der Waals surface area contributed by atoms with Crippen molar-refractivity contribution in [1.29, 1.82) is 0 Å². The number of nitrogens with one attached hydrogen (secondary N) is 1. The molecule has 2 heterocycles. The summed E-state index contributed by atoms with van der Waals surface area (Å²) in [7, 11) is -4.07. The second kappa shape index (κ2) is 11.1. The summed E-state index contributed by atoms with van der Waals surface area (Å²) in [6, 6.07) is 2.40. The fourth-order valence-electron chi connectivity index (χ4n) is 4.39. The van der Waals surface area contributed by atoms with E-state index in [4.69, 9.17) is 5.14 Å². The van der Waals surface area contributed by atoms with E-state index >= 15 is 0 Å². The molecule has 2 aromatic heterocycles. The van der Waals surface area contributed by atoms with E-state index in [1.54, 1.807) is 0 Å². The van der Waals surface area contributed by atoms with E-state index in [-0.39, 0.29) is 41.7 Å². The van der Waals surface area contributed by atoms with E-state index in [0.717, 1.165) is 10.7 Å². The lowest BCUT2D eigenvalue weighted by molar-refractivity contribution is -0.143. The van der Waals surface area contributed by atoms with E-state index in [1.165, 1.54) is 24.8 Å². The van der Waals surface area contributed by atoms with Crippen molar-refractivity contribution in [3.63, 3.8) is 0 Å². The van der Waals surface area contributed by atoms with Crippen LogP contribution in [-0.4, -0.2) is 46.6 Å². The van der Waals surface area contributed by atoms with Crippen molar-refractivity contribution in [3.05, 3.63) is 70.9 Å². The summed E-state index contributed by atoms with van der Waals surface area (Å²) in [6.45, 7) is -0.625. The highest BCUT2D eigenvalue weighted by Gasteiger charge is 2.38. The summed E-state index contributed by atoms with van der Waals surface area (Å²) in [6.07, 6.45) is -4.55. The second-order valence-corrected chi connectivity index (χ2v) is 10.4. The fraction of sp³-hybridized carbons (Fsp3) is 0.391. The minimum atomic E-state index is -5.05. The third-order valence-corrected chi connectivity index (χ3v) is 6.72. The molecule has 0 aliphatic heterocycles. The zero-order chi connectivity index (χ0) is 29.3. The molecular formula is C23H22F6N6O4S. The Kier molecular flexibility index (Phi) is 8.18. The predicted octanol–water partition coefficient (Wildman–Crippen LogP) is 3.79. The van der Waals surface area contributed by atoms with Gasteiger partial charge in [0.05, 0.1) is 29.8 Å². The molecule has 1 saturated carbocycles. The molecule has 0 saturated heterocycles. The van der Waals surface area contributed by atoms with Crippen LogP contribution in [0.4, 0.5) is 32.2 Å². The van der Waals surface area contributed by atoms with Crippen molar-refractivity contribution in [1.82, 2.24) is 19.7 Å². The third-order valence-electron chi connectivity index (χ3n) is 6.26. The summed E-state index contributed by atoms with van der Waals surface area (Å²) < 4.78 is 107. The van der Waals surface area contributed by atoms with Gasteiger partial charge in [-0.2, -0.15) is 39.9 Å². The number of anilines is 1. The molecule has 0 spiro atoms. The van der Waals surface area contributed by atoms with E-state index in [2.05, 4.69) is 24.6 Å². The van der Waals surface area contributed by atoms with Gasteiger partial charge in [0.15, 0.2) is 0 Å². The van der Waals surface area contributed by atoms with E-state index < -0.39 is 51.7 Å². The predicted molar refractivity (Wildman–Crippen MR) is 127 cm³/mol. The number of hydrogen-bond donors (Lipinski definition) is 2. The average Bonchev–Trinajstić information content (AvgIpc) is 3.51. The monoisotopic (exact) mass is 592 g/mol. The Morgan fingerprint density at radius 3 is 2.55 bits per heavy atom. The van der Waals surface area contributed by atoms with Gasteiger partial charge in [0.1, 0.15) is 17.8 Å². The molecule has 3 N–H and O–H groups in total. The summed E-state index contributed by atoms with van der Waals surface area (Å²) in [4.78, 5) is 21.1. The van der Waals surface area contributed by atoms with Gasteiger partial charge < -0.3 is 5.32 Å². The molecule has 4 rings (SSSR count). The van der Waals surface area contributed by atoms with Gasteiger partial charge in [-0.1, -0.05) is 6.07 Å². The maximum atomic E-state index is 13.5. The van der Waals surface area contributed by atoms with Crippen LogP contribution in [0.2, 0.25) is 0 Å². The Morgan fingerprint density at radius 1 is 1.12 bits per heavy atom. The number of alkyl halides is 6. The molecule has 17 heteroatoms. The normalized spacial score (nSPS) is 18.2. The first-order chi connectivity index (χ1) is 18.6. The van der Waals surface area contributed by atoms with Crippen molar-refractivity contribution in [2.45, 2.75) is 44.2 Å². The van der Waals surface area contributed by atoms with Gasteiger partial charge in [-0.15, -0.1) is 0 Å². The van der Waals surface area contributed by atoms with Crippen LogP contribution >= 0.6 is 0 Å². The summed E-state index contributed by atoms with van der Waals surface area (Å²) in [5.41, 5.74) is -3.48. The highest BCUT2D eigenvalue weighted by Crippen LogP contribution is 2.37. The molecule has 10 nitrogen and oxygen atoms in total. The third kappa shape index (κ3) is 7.33. The molecule has 0 amide bonds. The van der Waals surface area contributed by atoms with Crippen molar-refractivity contribution < 1.29 is 43.7 Å². The molecule has 0 radical (unpaired) electrons. The Labute approximate surface area is 223 Å². The summed E-state index contributed by atoms with van der Waals surface area (Å²) >= 11 is 0. The van der Waals surface area contributed by atoms with Crippen molar-refractivity contribution in [2.24, 2.45) is 11.1 Å². The quantitative estimate of drug-likeness (QED) is 0.282. The summed E-state index contributed by atoms with van der Waals surface area (Å²) in [5.74, 6) is -0.564. The first-order valence-corrected chi connectivity index (χ1v) is 13.2. The zero-order valence-corrected chi connectivity index (χ0v) is 21.2. The minimum Gasteiger partial charge on any atom is -0.367 e. The number of hydrogen-bond acceptors (Lipinski definition) is 8. The van der Waals surface area contributed by atoms with Crippen LogP contribution < -0.4 is 10.5 Å². The van der Waals surface area contributed by atoms with Crippen LogP contribution in [0, 0.1) is 5.92 Å². The number of carbonyl (C=O) groups excluding carboxylic acids is 1. The van der Waals surface area contributed by atoms with Crippen LogP contribution in [0.1, 0.15) is 52.0 Å². The fourth-order valence-corrected chi connectivity index (χ4v) is 4.77. The van der Waals surface area contributed by atoms with Gasteiger partial charge in [0.2, 0.25) is 5.78 Å². The standard InChI is InChI=1S/C23H22F6N6O4S/c24-22(25,26)15-3-2-14(18(8-15)23(27,28)29)10-35-6-5-19(34-35)20(36)17-9-31-12-32-21(17)33-16-4-1-13(7-16)11-39-40(30,37)38/h2-3,5-6,8-9,12-13,16H,1,4,7,10-11H2,(H2,30,37,38)(H,31,32,33)/t13-,16+/m1/s1. The largest absolute Gasteiger partial charge is 0.416 e. The highest BCUT2D eigenvalue weighted by atomic mass is 32.2. The Hall–Kier alpha value is -3.57. The maximum absolute atomic E-state index is 13.5. The van der Waals surface area contributed by atoms with Crippen LogP contribution in [0.5, 0.6) is 0 Å². The minimum absolute atomic E-state index is 0.0301. The van der Waals surface area contributed by atoms with Crippen LogP contribution in [0.15, 0.2) is 43.0 Å². The van der Waals surface area contributed by atoms with Crippen molar-refractivity contribution in [2.75, 3.05) is 11.9 Å². The van der Waals surface area contributed by atoms with E-state index in [1.807, 2.05) is 0 Å². The molecule has 1 aromatic carbocycles. The number of benzene rings is 1. The van der Waals surface area contributed by atoms with Crippen molar-refractivity contribution >= 4 is 21.9 Å². The average molecular weight is 593 g/mol. The lowest BCUT2D eigenvalue weighted by Gasteiger charge is -2.16. The highest BCUT2D eigenvalue weighted by molar-refractivity contribution is 7.84. The number of halogens is 6. The molecule has 3 aromatic rings. The number of carbonyl (C=O) groups is 1. The van der Waals surface area contributed by atoms with Gasteiger partial charge >= 0.3 is 22.7 Å². The molecule has 2 atom stereocenters. The second-order valence-electron chi connectivity index (χ2n) is 9.18. The van der Waals surface area contributed by atoms with Gasteiger partial charge in [-0.05, 0) is 48.9 Å². The number of ketones is 1. The topological polar surface area (TPSA) is 142 Å². The Bertz CT molecular complexity index is 1490. The van der Waals surface area contributed by atoms with Gasteiger partial charge in [0, 0.05) is 18.4 Å². The van der Waals surface area contributed by atoms with Crippen LogP contribution in [0.25, 0.3) is 0 Å². The molecule has 1 aliphatic carbocycles. The molecule has 216 valence electrons. The number of rotatable bonds is 9. The molecule has 0 unspecified atom stereocenters. The van der Waals surface area contributed by atoms with Gasteiger partial charge in [-0.25, -0.2) is 15.1 Å². The lowest BCUT2D eigenvalue weighted by atomic mass is 10.0. The smallest absolute Gasteiger partial charge is 0.367 e. The van der Waals surface area contributed by atoms with E-state index in [9.17, 15) is 39.6 Å². The van der Waals surface area contributed by atoms with Crippen LogP contribution in [-0.2, 0) is 33.4 Å². The van der Waals surface area contributed by atoms with Gasteiger partial charge in [-0.3, -0.25) is 13.7 Å². The molecular weight excluding hydrogens is 570 g/mol. The molecule has 0 bridgehead atoms. The first kappa shape index (κ1) is 29.4. The first-order valence-electron chi connectivity index (χ1n) is 11.7. The maximum Gasteiger partial charge on any atom is 0.416 e. The number of nitrogens with zero attached hydrogens (tertiary/aromatic N) is 4. The molecule has 1 fully saturated rings. The van der Waals surface area contributed by atoms with Crippen molar-refractivity contribution in [3.8, 4) is 0 Å². The van der Waals surface area contributed by atoms with Gasteiger partial charge in [0.25, 0.3) is 0 Å². The van der Waals surface area contributed by atoms with Crippen LogP contribution in [0.3, 0.4) is 0 Å². The molecule has 1 aliphatic rings. The Balaban J connectivity index is 1.49. The number of aromatic nitrogens is 4. The zero-order valence-electron chi connectivity index (χ0n) is 20.4. The SMILES string of the molecule is NS(=O)(=O)OC[C@@H]1CC[C@H](Nc2ncncc2C(=O)c2ccn(Cc3ccc(C(F)(F)F)cc3C(F)(F)F)n2)C1. The van der Waals surface area contributed by atoms with E-state index in [0.29, 0.717) is 25.3 Å². The number of nitrogens with two attached hydrogens (primary N) is 1.